The third-order valence-electron chi connectivity index (χ3n) is 5.14. The maximum Gasteiger partial charge on any atom is 0.265 e. The van der Waals surface area contributed by atoms with Gasteiger partial charge >= 0.3 is 0 Å². The monoisotopic (exact) mass is 463 g/mol. The van der Waals surface area contributed by atoms with E-state index in [4.69, 9.17) is 11.6 Å². The third-order valence-corrected chi connectivity index (χ3v) is 6.54. The Balaban J connectivity index is 1.41. The van der Waals surface area contributed by atoms with Crippen molar-refractivity contribution in [3.05, 3.63) is 81.6 Å². The molecule has 0 atom stereocenters. The van der Waals surface area contributed by atoms with Gasteiger partial charge in [0.15, 0.2) is 0 Å². The number of hydrogen-bond donors (Lipinski definition) is 1. The van der Waals surface area contributed by atoms with Gasteiger partial charge in [0.05, 0.1) is 22.8 Å². The summed E-state index contributed by atoms with van der Waals surface area (Å²) in [6.45, 7) is 4.52. The lowest BCUT2D eigenvalue weighted by atomic mass is 10.2. The lowest BCUT2D eigenvalue weighted by molar-refractivity contribution is 0.103. The summed E-state index contributed by atoms with van der Waals surface area (Å²) < 4.78 is 3.50. The van der Waals surface area contributed by atoms with Crippen LogP contribution in [-0.2, 0) is 6.54 Å². The number of tetrazole rings is 1. The van der Waals surface area contributed by atoms with E-state index in [1.807, 2.05) is 67.1 Å². The zero-order valence-corrected chi connectivity index (χ0v) is 18.9. The van der Waals surface area contributed by atoms with E-state index in [-0.39, 0.29) is 5.91 Å². The SMILES string of the molecule is Cc1ccc(NC(=O)c2cc3c(C)nn(Cc4ccc(Cl)cc4)c3s2)cc1-n1cnnn1. The van der Waals surface area contributed by atoms with Crippen molar-refractivity contribution in [2.75, 3.05) is 5.32 Å². The van der Waals surface area contributed by atoms with Crippen LogP contribution in [0.1, 0.15) is 26.5 Å². The Morgan fingerprint density at radius 3 is 2.69 bits per heavy atom. The van der Waals surface area contributed by atoms with E-state index in [2.05, 4.69) is 25.9 Å². The van der Waals surface area contributed by atoms with E-state index in [0.717, 1.165) is 32.7 Å². The Kier molecular flexibility index (Phi) is 5.20. The van der Waals surface area contributed by atoms with Crippen LogP contribution < -0.4 is 5.32 Å². The first-order valence-corrected chi connectivity index (χ1v) is 11.0. The molecule has 5 aromatic rings. The number of nitrogens with zero attached hydrogens (tertiary/aromatic N) is 6. The Hall–Kier alpha value is -3.56. The number of aromatic nitrogens is 6. The van der Waals surface area contributed by atoms with Gasteiger partial charge in [-0.2, -0.15) is 5.10 Å². The fraction of sp³-hybridized carbons (Fsp3) is 0.136. The van der Waals surface area contributed by atoms with Gasteiger partial charge in [-0.3, -0.25) is 9.48 Å². The van der Waals surface area contributed by atoms with Gasteiger partial charge in [-0.15, -0.1) is 16.4 Å². The molecule has 3 aromatic heterocycles. The number of benzene rings is 2. The van der Waals surface area contributed by atoms with Crippen molar-refractivity contribution in [1.82, 2.24) is 30.0 Å². The van der Waals surface area contributed by atoms with Crippen LogP contribution in [-0.4, -0.2) is 35.9 Å². The molecule has 0 spiro atoms. The summed E-state index contributed by atoms with van der Waals surface area (Å²) in [5.41, 5.74) is 4.45. The largest absolute Gasteiger partial charge is 0.321 e. The highest BCUT2D eigenvalue weighted by Crippen LogP contribution is 2.30. The highest BCUT2D eigenvalue weighted by molar-refractivity contribution is 7.20. The summed E-state index contributed by atoms with van der Waals surface area (Å²) in [6.07, 6.45) is 1.52. The van der Waals surface area contributed by atoms with Crippen molar-refractivity contribution in [3.8, 4) is 5.69 Å². The molecule has 0 aliphatic carbocycles. The van der Waals surface area contributed by atoms with Crippen molar-refractivity contribution in [3.63, 3.8) is 0 Å². The van der Waals surface area contributed by atoms with Crippen molar-refractivity contribution in [1.29, 1.82) is 0 Å². The third kappa shape index (κ3) is 3.88. The molecule has 1 amide bonds. The van der Waals surface area contributed by atoms with Gasteiger partial charge in [0.1, 0.15) is 11.2 Å². The topological polar surface area (TPSA) is 90.5 Å². The molecule has 32 heavy (non-hydrogen) atoms. The quantitative estimate of drug-likeness (QED) is 0.410. The molecule has 0 unspecified atom stereocenters. The van der Waals surface area contributed by atoms with E-state index in [1.165, 1.54) is 17.7 Å². The van der Waals surface area contributed by atoms with Gasteiger partial charge in [0.2, 0.25) is 0 Å². The van der Waals surface area contributed by atoms with Crippen LogP contribution in [0.3, 0.4) is 0 Å². The average molecular weight is 464 g/mol. The maximum absolute atomic E-state index is 13.0. The number of carbonyl (C=O) groups excluding carboxylic acids is 1. The highest BCUT2D eigenvalue weighted by Gasteiger charge is 2.17. The number of carbonyl (C=O) groups is 1. The molecule has 2 aromatic carbocycles. The van der Waals surface area contributed by atoms with Crippen LogP contribution in [0.2, 0.25) is 5.02 Å². The number of hydrogen-bond acceptors (Lipinski definition) is 6. The number of anilines is 1. The molecule has 5 rings (SSSR count). The standard InChI is InChI=1S/C22H18ClN7OS/c1-13-3-8-17(9-19(13)30-12-24-27-28-30)25-21(31)20-10-18-14(2)26-29(22(18)32-20)11-15-4-6-16(23)7-5-15/h3-10,12H,11H2,1-2H3,(H,25,31). The van der Waals surface area contributed by atoms with Crippen LogP contribution in [0.25, 0.3) is 15.9 Å². The smallest absolute Gasteiger partial charge is 0.265 e. The number of amides is 1. The second-order valence-corrected chi connectivity index (χ2v) is 8.88. The molecule has 0 saturated carbocycles. The fourth-order valence-corrected chi connectivity index (χ4v) is 4.67. The Morgan fingerprint density at radius 2 is 1.94 bits per heavy atom. The van der Waals surface area contributed by atoms with E-state index >= 15 is 0 Å². The van der Waals surface area contributed by atoms with Gasteiger partial charge < -0.3 is 5.32 Å². The number of halogens is 1. The summed E-state index contributed by atoms with van der Waals surface area (Å²) in [5.74, 6) is -0.171. The summed E-state index contributed by atoms with van der Waals surface area (Å²) in [7, 11) is 0. The summed E-state index contributed by atoms with van der Waals surface area (Å²) in [4.78, 5) is 14.6. The zero-order chi connectivity index (χ0) is 22.2. The first-order valence-electron chi connectivity index (χ1n) is 9.85. The first-order chi connectivity index (χ1) is 15.5. The lowest BCUT2D eigenvalue weighted by Gasteiger charge is -2.09. The number of rotatable bonds is 5. The molecule has 0 bridgehead atoms. The minimum atomic E-state index is -0.171. The average Bonchev–Trinajstić information content (AvgIpc) is 3.51. The minimum absolute atomic E-state index is 0.171. The summed E-state index contributed by atoms with van der Waals surface area (Å²) in [6, 6.07) is 15.2. The minimum Gasteiger partial charge on any atom is -0.321 e. The predicted octanol–water partition coefficient (Wildman–Crippen LogP) is 4.64. The number of aryl methyl sites for hydroxylation is 2. The van der Waals surface area contributed by atoms with Crippen LogP contribution in [0.15, 0.2) is 54.9 Å². The molecule has 1 N–H and O–H groups in total. The van der Waals surface area contributed by atoms with Crippen molar-refractivity contribution < 1.29 is 4.79 Å². The highest BCUT2D eigenvalue weighted by atomic mass is 35.5. The number of nitrogens with one attached hydrogen (secondary N) is 1. The predicted molar refractivity (Wildman–Crippen MR) is 125 cm³/mol. The molecule has 0 aliphatic rings. The van der Waals surface area contributed by atoms with Gasteiger partial charge in [-0.25, -0.2) is 4.68 Å². The van der Waals surface area contributed by atoms with Gasteiger partial charge in [0, 0.05) is 16.1 Å². The Labute approximate surface area is 192 Å². The molecule has 0 fully saturated rings. The Bertz CT molecular complexity index is 1420. The van der Waals surface area contributed by atoms with Gasteiger partial charge in [-0.1, -0.05) is 29.8 Å². The molecule has 3 heterocycles. The molecule has 0 aliphatic heterocycles. The van der Waals surface area contributed by atoms with Gasteiger partial charge in [-0.05, 0) is 65.7 Å². The zero-order valence-electron chi connectivity index (χ0n) is 17.3. The molecular formula is C22H18ClN7OS. The van der Waals surface area contributed by atoms with E-state index in [0.29, 0.717) is 22.1 Å². The molecular weight excluding hydrogens is 446 g/mol. The van der Waals surface area contributed by atoms with Crippen molar-refractivity contribution >= 4 is 44.7 Å². The van der Waals surface area contributed by atoms with Crippen LogP contribution in [0.4, 0.5) is 5.69 Å². The van der Waals surface area contributed by atoms with Crippen LogP contribution in [0.5, 0.6) is 0 Å². The summed E-state index contributed by atoms with van der Waals surface area (Å²) >= 11 is 7.41. The second kappa shape index (κ2) is 8.18. The maximum atomic E-state index is 13.0. The van der Waals surface area contributed by atoms with E-state index < -0.39 is 0 Å². The fourth-order valence-electron chi connectivity index (χ4n) is 3.49. The van der Waals surface area contributed by atoms with Crippen LogP contribution in [0, 0.1) is 13.8 Å². The molecule has 0 radical (unpaired) electrons. The molecule has 0 saturated heterocycles. The molecule has 10 heteroatoms. The number of fused-ring (bicyclic) bond motifs is 1. The van der Waals surface area contributed by atoms with Crippen molar-refractivity contribution in [2.24, 2.45) is 0 Å². The van der Waals surface area contributed by atoms with Crippen molar-refractivity contribution in [2.45, 2.75) is 20.4 Å². The second-order valence-electron chi connectivity index (χ2n) is 7.41. The lowest BCUT2D eigenvalue weighted by Crippen LogP contribution is -2.11. The molecule has 8 nitrogen and oxygen atoms in total. The van der Waals surface area contributed by atoms with E-state index in [9.17, 15) is 4.79 Å². The van der Waals surface area contributed by atoms with Gasteiger partial charge in [0.25, 0.3) is 5.91 Å². The molecule has 160 valence electrons. The van der Waals surface area contributed by atoms with E-state index in [1.54, 1.807) is 4.68 Å². The van der Waals surface area contributed by atoms with Crippen LogP contribution >= 0.6 is 22.9 Å². The first kappa shape index (κ1) is 20.3. The summed E-state index contributed by atoms with van der Waals surface area (Å²) in [5, 5.41) is 20.6. The Morgan fingerprint density at radius 1 is 1.12 bits per heavy atom. The number of thiophene rings is 1. The normalized spacial score (nSPS) is 11.2.